The van der Waals surface area contributed by atoms with Gasteiger partial charge >= 0.3 is 0 Å². The first-order valence-electron chi connectivity index (χ1n) is 13.0. The van der Waals surface area contributed by atoms with Gasteiger partial charge in [0.1, 0.15) is 0 Å². The van der Waals surface area contributed by atoms with Crippen molar-refractivity contribution < 1.29 is 9.59 Å². The van der Waals surface area contributed by atoms with Gasteiger partial charge in [0.2, 0.25) is 0 Å². The van der Waals surface area contributed by atoms with Gasteiger partial charge in [-0.25, -0.2) is 0 Å². The van der Waals surface area contributed by atoms with Gasteiger partial charge < -0.3 is 20.5 Å². The van der Waals surface area contributed by atoms with Crippen LogP contribution < -0.4 is 16.6 Å². The van der Waals surface area contributed by atoms with Crippen LogP contribution in [0.1, 0.15) is 58.4 Å². The molecule has 7 nitrogen and oxygen atoms in total. The van der Waals surface area contributed by atoms with E-state index in [0.29, 0.717) is 47.5 Å². The lowest BCUT2D eigenvalue weighted by molar-refractivity contribution is 0.0791. The van der Waals surface area contributed by atoms with Crippen LogP contribution in [0.15, 0.2) is 47.4 Å². The van der Waals surface area contributed by atoms with Gasteiger partial charge in [-0.05, 0) is 85.9 Å². The highest BCUT2D eigenvalue weighted by molar-refractivity contribution is 6.08. The van der Waals surface area contributed by atoms with Crippen molar-refractivity contribution in [1.82, 2.24) is 14.8 Å². The minimum atomic E-state index is -0.0797. The Labute approximate surface area is 210 Å². The number of carbonyl (C=O) groups is 2. The molecular weight excluding hydrogens is 452 g/mol. The Hall–Kier alpha value is -3.45. The molecule has 3 N–H and O–H groups in total. The molecule has 6 rings (SSSR count). The summed E-state index contributed by atoms with van der Waals surface area (Å²) in [5.41, 5.74) is 10.0. The molecule has 7 heteroatoms. The van der Waals surface area contributed by atoms with Crippen molar-refractivity contribution in [2.24, 2.45) is 11.7 Å². The Balaban J connectivity index is 1.45. The maximum Gasteiger partial charge on any atom is 0.258 e. The van der Waals surface area contributed by atoms with Crippen molar-refractivity contribution >= 4 is 22.6 Å². The Morgan fingerprint density at radius 1 is 1.03 bits per heavy atom. The van der Waals surface area contributed by atoms with Crippen molar-refractivity contribution in [1.29, 1.82) is 0 Å². The van der Waals surface area contributed by atoms with Gasteiger partial charge in [-0.15, -0.1) is 0 Å². The lowest BCUT2D eigenvalue weighted by atomic mass is 9.94. The predicted octanol–water partition coefficient (Wildman–Crippen LogP) is 3.45. The first-order valence-corrected chi connectivity index (χ1v) is 13.0. The number of rotatable bonds is 6. The van der Waals surface area contributed by atoms with E-state index in [1.165, 1.54) is 0 Å². The number of nitrogens with two attached hydrogens (primary N) is 1. The zero-order valence-electron chi connectivity index (χ0n) is 20.6. The molecule has 0 bridgehead atoms. The van der Waals surface area contributed by atoms with Gasteiger partial charge in [-0.3, -0.25) is 14.4 Å². The number of fused-ring (bicyclic) bond motifs is 1. The number of nitrogens with one attached hydrogen (secondary N) is 1. The normalized spacial score (nSPS) is 19.6. The molecule has 1 unspecified atom stereocenters. The van der Waals surface area contributed by atoms with Crippen LogP contribution in [0.2, 0.25) is 0 Å². The standard InChI is InChI=1S/C29H32N4O3/c1-17-2-5-20(27(34)31-22-7-8-22)13-24(17)19-6-9-23-25(12-19)26(29(36)32-11-10-21(30)15-32)16-33(28(23)35)14-18-3-4-18/h2,5-6,9,12-13,16,18,21-22H,3-4,7-8,10-11,14-15,30H2,1H3,(H,31,34). The summed E-state index contributed by atoms with van der Waals surface area (Å²) < 4.78 is 1.72. The van der Waals surface area contributed by atoms with Crippen LogP contribution in [0.5, 0.6) is 0 Å². The molecule has 1 aliphatic heterocycles. The minimum Gasteiger partial charge on any atom is -0.349 e. The number of nitrogens with zero attached hydrogens (tertiary/aromatic N) is 2. The third-order valence-corrected chi connectivity index (χ3v) is 7.70. The molecule has 0 spiro atoms. The fourth-order valence-corrected chi connectivity index (χ4v) is 5.16. The largest absolute Gasteiger partial charge is 0.349 e. The molecule has 3 aliphatic rings. The molecule has 2 amide bonds. The summed E-state index contributed by atoms with van der Waals surface area (Å²) in [6.45, 7) is 3.81. The van der Waals surface area contributed by atoms with E-state index in [1.54, 1.807) is 15.7 Å². The third-order valence-electron chi connectivity index (χ3n) is 7.70. The van der Waals surface area contributed by atoms with Crippen molar-refractivity contribution in [2.45, 2.75) is 57.7 Å². The monoisotopic (exact) mass is 484 g/mol. The van der Waals surface area contributed by atoms with Crippen LogP contribution in [-0.4, -0.2) is 46.5 Å². The molecule has 3 aromatic rings. The number of aromatic nitrogens is 1. The van der Waals surface area contributed by atoms with Gasteiger partial charge in [0, 0.05) is 54.3 Å². The third kappa shape index (κ3) is 4.44. The lowest BCUT2D eigenvalue weighted by Gasteiger charge is -2.19. The molecular formula is C29H32N4O3. The van der Waals surface area contributed by atoms with E-state index in [9.17, 15) is 14.4 Å². The summed E-state index contributed by atoms with van der Waals surface area (Å²) in [5.74, 6) is 0.363. The zero-order valence-corrected chi connectivity index (χ0v) is 20.6. The number of hydrogen-bond acceptors (Lipinski definition) is 4. The number of pyridine rings is 1. The Morgan fingerprint density at radius 3 is 2.53 bits per heavy atom. The molecule has 186 valence electrons. The second-order valence-corrected chi connectivity index (χ2v) is 10.8. The summed E-state index contributed by atoms with van der Waals surface area (Å²) in [6, 6.07) is 11.7. The summed E-state index contributed by atoms with van der Waals surface area (Å²) in [7, 11) is 0. The quantitative estimate of drug-likeness (QED) is 0.560. The molecule has 3 fully saturated rings. The van der Waals surface area contributed by atoms with Crippen LogP contribution in [0.25, 0.3) is 21.9 Å². The van der Waals surface area contributed by atoms with Crippen molar-refractivity contribution in [3.05, 3.63) is 69.6 Å². The molecule has 1 aromatic heterocycles. The molecule has 1 saturated heterocycles. The molecule has 0 radical (unpaired) electrons. The highest BCUT2D eigenvalue weighted by atomic mass is 16.2. The fraction of sp³-hybridized carbons (Fsp3) is 0.414. The highest BCUT2D eigenvalue weighted by Gasteiger charge is 2.29. The van der Waals surface area contributed by atoms with Gasteiger partial charge in [0.25, 0.3) is 17.4 Å². The molecule has 36 heavy (non-hydrogen) atoms. The van der Waals surface area contributed by atoms with Crippen LogP contribution in [0.3, 0.4) is 0 Å². The number of hydrogen-bond donors (Lipinski definition) is 2. The maximum absolute atomic E-state index is 13.6. The number of likely N-dealkylation sites (tertiary alicyclic amines) is 1. The predicted molar refractivity (Wildman–Crippen MR) is 140 cm³/mol. The van der Waals surface area contributed by atoms with Crippen molar-refractivity contribution in [3.63, 3.8) is 0 Å². The molecule has 2 saturated carbocycles. The van der Waals surface area contributed by atoms with Crippen LogP contribution in [-0.2, 0) is 6.54 Å². The number of aryl methyl sites for hydroxylation is 1. The van der Waals surface area contributed by atoms with Crippen molar-refractivity contribution in [2.75, 3.05) is 13.1 Å². The van der Waals surface area contributed by atoms with Gasteiger partial charge in [-0.1, -0.05) is 12.1 Å². The average Bonchev–Trinajstić information content (AvgIpc) is 3.81. The Bertz CT molecular complexity index is 1430. The van der Waals surface area contributed by atoms with E-state index in [1.807, 2.05) is 43.3 Å². The highest BCUT2D eigenvalue weighted by Crippen LogP contribution is 2.32. The summed E-state index contributed by atoms with van der Waals surface area (Å²) in [4.78, 5) is 41.5. The molecule has 2 aromatic carbocycles. The Morgan fingerprint density at radius 2 is 1.83 bits per heavy atom. The average molecular weight is 485 g/mol. The van der Waals surface area contributed by atoms with Crippen LogP contribution >= 0.6 is 0 Å². The smallest absolute Gasteiger partial charge is 0.258 e. The molecule has 2 heterocycles. The van der Waals surface area contributed by atoms with Gasteiger partial charge in [0.05, 0.1) is 5.56 Å². The number of benzene rings is 2. The van der Waals surface area contributed by atoms with Crippen molar-refractivity contribution in [3.8, 4) is 11.1 Å². The first-order chi connectivity index (χ1) is 17.4. The zero-order chi connectivity index (χ0) is 25.0. The number of amides is 2. The minimum absolute atomic E-state index is 0.0136. The van der Waals surface area contributed by atoms with E-state index in [2.05, 4.69) is 5.32 Å². The second kappa shape index (κ2) is 8.89. The maximum atomic E-state index is 13.6. The second-order valence-electron chi connectivity index (χ2n) is 10.8. The van der Waals surface area contributed by atoms with E-state index in [4.69, 9.17) is 5.73 Å². The topological polar surface area (TPSA) is 97.4 Å². The van der Waals surface area contributed by atoms with Gasteiger partial charge in [0.15, 0.2) is 0 Å². The molecule has 2 aliphatic carbocycles. The van der Waals surface area contributed by atoms with E-state index < -0.39 is 0 Å². The van der Waals surface area contributed by atoms with Gasteiger partial charge in [-0.2, -0.15) is 0 Å². The summed E-state index contributed by atoms with van der Waals surface area (Å²) in [5, 5.41) is 4.25. The Kier molecular flexibility index (Phi) is 5.67. The first kappa shape index (κ1) is 23.0. The molecule has 1 atom stereocenters. The summed E-state index contributed by atoms with van der Waals surface area (Å²) >= 11 is 0. The fourth-order valence-electron chi connectivity index (χ4n) is 5.16. The van der Waals surface area contributed by atoms with Crippen LogP contribution in [0, 0.1) is 12.8 Å². The SMILES string of the molecule is Cc1ccc(C(=O)NC2CC2)cc1-c1ccc2c(=O)n(CC3CC3)cc(C(=O)N3CCC(N)C3)c2c1. The van der Waals surface area contributed by atoms with E-state index >= 15 is 0 Å². The van der Waals surface area contributed by atoms with Crippen LogP contribution in [0.4, 0.5) is 0 Å². The number of carbonyl (C=O) groups excluding carboxylic acids is 2. The lowest BCUT2D eigenvalue weighted by Crippen LogP contribution is -2.33. The van der Waals surface area contributed by atoms with E-state index in [-0.39, 0.29) is 29.5 Å². The van der Waals surface area contributed by atoms with E-state index in [0.717, 1.165) is 48.8 Å². The summed E-state index contributed by atoms with van der Waals surface area (Å²) in [6.07, 6.45) is 6.85.